The first-order valence-electron chi connectivity index (χ1n) is 11.4. The van der Waals surface area contributed by atoms with Gasteiger partial charge in [-0.2, -0.15) is 0 Å². The van der Waals surface area contributed by atoms with Crippen LogP contribution in [-0.2, 0) is 11.2 Å². The van der Waals surface area contributed by atoms with E-state index in [0.29, 0.717) is 30.2 Å². The number of benzene rings is 2. The Labute approximate surface area is 204 Å². The van der Waals surface area contributed by atoms with E-state index >= 15 is 0 Å². The Morgan fingerprint density at radius 3 is 2.38 bits per heavy atom. The van der Waals surface area contributed by atoms with Gasteiger partial charge in [0.05, 0.1) is 20.3 Å². The van der Waals surface area contributed by atoms with Gasteiger partial charge in [-0.3, -0.25) is 9.59 Å². The minimum atomic E-state index is -0.286. The van der Waals surface area contributed by atoms with E-state index in [1.807, 2.05) is 24.0 Å². The van der Waals surface area contributed by atoms with Crippen LogP contribution in [0.1, 0.15) is 44.9 Å². The van der Waals surface area contributed by atoms with Crippen LogP contribution in [0.2, 0.25) is 0 Å². The average molecular weight is 479 g/mol. The van der Waals surface area contributed by atoms with Crippen molar-refractivity contribution in [2.24, 2.45) is 0 Å². The van der Waals surface area contributed by atoms with E-state index in [0.717, 1.165) is 17.5 Å². The van der Waals surface area contributed by atoms with Gasteiger partial charge in [0.1, 0.15) is 23.6 Å². The fraction of sp³-hybridized carbons (Fsp3) is 0.333. The highest BCUT2D eigenvalue weighted by molar-refractivity contribution is 7.10. The third-order valence-electron chi connectivity index (χ3n) is 6.41. The summed E-state index contributed by atoms with van der Waals surface area (Å²) in [6.45, 7) is 4.94. The number of methoxy groups -OCH3 is 2. The van der Waals surface area contributed by atoms with Crippen LogP contribution in [0.25, 0.3) is 0 Å². The zero-order valence-electron chi connectivity index (χ0n) is 20.0. The second-order valence-electron chi connectivity index (χ2n) is 8.25. The average Bonchev–Trinajstić information content (AvgIpc) is 3.35. The van der Waals surface area contributed by atoms with E-state index in [-0.39, 0.29) is 24.4 Å². The Kier molecular flexibility index (Phi) is 7.22. The van der Waals surface area contributed by atoms with E-state index in [4.69, 9.17) is 9.47 Å². The number of thiophene rings is 1. The van der Waals surface area contributed by atoms with Crippen molar-refractivity contribution in [2.45, 2.75) is 26.3 Å². The molecule has 2 aromatic carbocycles. The van der Waals surface area contributed by atoms with Crippen molar-refractivity contribution in [2.75, 3.05) is 33.9 Å². The van der Waals surface area contributed by atoms with Gasteiger partial charge in [0.25, 0.3) is 5.91 Å². The molecule has 34 heavy (non-hydrogen) atoms. The van der Waals surface area contributed by atoms with Crippen LogP contribution in [0.3, 0.4) is 0 Å². The van der Waals surface area contributed by atoms with Crippen molar-refractivity contribution >= 4 is 23.2 Å². The molecule has 0 saturated heterocycles. The molecule has 2 heterocycles. The molecule has 0 aliphatic carbocycles. The lowest BCUT2D eigenvalue weighted by molar-refractivity contribution is -0.134. The van der Waals surface area contributed by atoms with Gasteiger partial charge in [0.2, 0.25) is 5.91 Å². The van der Waals surface area contributed by atoms with Crippen LogP contribution in [0.4, 0.5) is 0 Å². The quantitative estimate of drug-likeness (QED) is 0.494. The van der Waals surface area contributed by atoms with Crippen molar-refractivity contribution in [1.29, 1.82) is 0 Å². The molecule has 1 aliphatic heterocycles. The molecule has 1 unspecified atom stereocenters. The Morgan fingerprint density at radius 1 is 1.03 bits per heavy atom. The molecule has 0 spiro atoms. The van der Waals surface area contributed by atoms with Gasteiger partial charge in [-0.05, 0) is 60.5 Å². The largest absolute Gasteiger partial charge is 0.496 e. The molecule has 6 nitrogen and oxygen atoms in total. The molecule has 2 amide bonds. The number of rotatable bonds is 7. The maximum atomic E-state index is 13.7. The van der Waals surface area contributed by atoms with E-state index in [1.165, 1.54) is 24.7 Å². The van der Waals surface area contributed by atoms with Gasteiger partial charge in [0, 0.05) is 18.0 Å². The standard InChI is InChI=1S/C27H30N2O4S/c1-5-28(27(31)25-21(32-3)11-8-12-22(25)33-4)17-24(30)29-15-13-23-20(14-16-34-23)26(29)19-10-7-6-9-18(19)2/h6-12,14,16,26H,5,13,15,17H2,1-4H3. The topological polar surface area (TPSA) is 59.1 Å². The third-order valence-corrected chi connectivity index (χ3v) is 7.40. The van der Waals surface area contributed by atoms with Crippen LogP contribution in [-0.4, -0.2) is 55.5 Å². The van der Waals surface area contributed by atoms with Gasteiger partial charge in [-0.1, -0.05) is 30.3 Å². The summed E-state index contributed by atoms with van der Waals surface area (Å²) in [6.07, 6.45) is 0.821. The van der Waals surface area contributed by atoms with Crippen LogP contribution in [0, 0.1) is 6.92 Å². The number of ether oxygens (including phenoxy) is 2. The summed E-state index contributed by atoms with van der Waals surface area (Å²) in [5.74, 6) is 0.489. The van der Waals surface area contributed by atoms with Gasteiger partial charge >= 0.3 is 0 Å². The van der Waals surface area contributed by atoms with Crippen LogP contribution < -0.4 is 9.47 Å². The maximum Gasteiger partial charge on any atom is 0.261 e. The van der Waals surface area contributed by atoms with Crippen molar-refractivity contribution < 1.29 is 19.1 Å². The molecule has 1 aliphatic rings. The summed E-state index contributed by atoms with van der Waals surface area (Å²) in [5.41, 5.74) is 3.78. The number of carbonyl (C=O) groups excluding carboxylic acids is 2. The number of aryl methyl sites for hydroxylation is 1. The highest BCUT2D eigenvalue weighted by atomic mass is 32.1. The second kappa shape index (κ2) is 10.3. The van der Waals surface area contributed by atoms with Crippen molar-refractivity contribution in [3.63, 3.8) is 0 Å². The molecular formula is C27H30N2O4S. The van der Waals surface area contributed by atoms with Crippen molar-refractivity contribution in [1.82, 2.24) is 9.80 Å². The first kappa shape index (κ1) is 23.8. The molecule has 0 bridgehead atoms. The number of likely N-dealkylation sites (N-methyl/N-ethyl adjacent to an activating group) is 1. The van der Waals surface area contributed by atoms with E-state index in [9.17, 15) is 9.59 Å². The first-order valence-corrected chi connectivity index (χ1v) is 12.3. The van der Waals surface area contributed by atoms with Crippen LogP contribution in [0.15, 0.2) is 53.9 Å². The maximum absolute atomic E-state index is 13.7. The van der Waals surface area contributed by atoms with Crippen LogP contribution >= 0.6 is 11.3 Å². The molecule has 0 saturated carbocycles. The fourth-order valence-electron chi connectivity index (χ4n) is 4.62. The zero-order chi connectivity index (χ0) is 24.2. The number of nitrogens with zero attached hydrogens (tertiary/aromatic N) is 2. The molecule has 3 aromatic rings. The van der Waals surface area contributed by atoms with Gasteiger partial charge in [-0.25, -0.2) is 0 Å². The molecule has 1 atom stereocenters. The highest BCUT2D eigenvalue weighted by Gasteiger charge is 2.35. The van der Waals surface area contributed by atoms with Gasteiger partial charge in [-0.15, -0.1) is 11.3 Å². The Balaban J connectivity index is 1.65. The number of hydrogen-bond acceptors (Lipinski definition) is 5. The number of fused-ring (bicyclic) bond motifs is 1. The Hall–Kier alpha value is -3.32. The predicted octanol–water partition coefficient (Wildman–Crippen LogP) is 4.71. The van der Waals surface area contributed by atoms with Gasteiger partial charge in [0.15, 0.2) is 0 Å². The predicted molar refractivity (Wildman–Crippen MR) is 134 cm³/mol. The molecule has 0 fully saturated rings. The SMILES string of the molecule is CCN(CC(=O)N1CCc2sccc2C1c1ccccc1C)C(=O)c1c(OC)cccc1OC. The summed E-state index contributed by atoms with van der Waals surface area (Å²) < 4.78 is 10.8. The van der Waals surface area contributed by atoms with Gasteiger partial charge < -0.3 is 19.3 Å². The minimum absolute atomic E-state index is 0.0155. The summed E-state index contributed by atoms with van der Waals surface area (Å²) in [4.78, 5) is 32.0. The van der Waals surface area contributed by atoms with Crippen molar-refractivity contribution in [3.05, 3.63) is 81.0 Å². The first-order chi connectivity index (χ1) is 16.5. The lowest BCUT2D eigenvalue weighted by atomic mass is 9.90. The molecule has 0 N–H and O–H groups in total. The lowest BCUT2D eigenvalue weighted by Crippen LogP contribution is -2.47. The van der Waals surface area contributed by atoms with E-state index in [2.05, 4.69) is 30.5 Å². The summed E-state index contributed by atoms with van der Waals surface area (Å²) >= 11 is 1.74. The zero-order valence-corrected chi connectivity index (χ0v) is 20.9. The monoisotopic (exact) mass is 478 g/mol. The lowest BCUT2D eigenvalue weighted by Gasteiger charge is -2.38. The number of amides is 2. The minimum Gasteiger partial charge on any atom is -0.496 e. The highest BCUT2D eigenvalue weighted by Crippen LogP contribution is 2.39. The Morgan fingerprint density at radius 2 is 1.74 bits per heavy atom. The third kappa shape index (κ3) is 4.40. The fourth-order valence-corrected chi connectivity index (χ4v) is 5.52. The molecule has 178 valence electrons. The van der Waals surface area contributed by atoms with E-state index < -0.39 is 0 Å². The van der Waals surface area contributed by atoms with E-state index in [1.54, 1.807) is 34.4 Å². The smallest absolute Gasteiger partial charge is 0.261 e. The molecule has 4 rings (SSSR count). The summed E-state index contributed by atoms with van der Waals surface area (Å²) in [6, 6.07) is 15.4. The Bertz CT molecular complexity index is 1170. The number of carbonyl (C=O) groups is 2. The normalized spacial score (nSPS) is 14.9. The summed E-state index contributed by atoms with van der Waals surface area (Å²) in [7, 11) is 3.04. The van der Waals surface area contributed by atoms with Crippen molar-refractivity contribution in [3.8, 4) is 11.5 Å². The number of hydrogen-bond donors (Lipinski definition) is 0. The molecule has 1 aromatic heterocycles. The second-order valence-corrected chi connectivity index (χ2v) is 9.25. The molecule has 0 radical (unpaired) electrons. The molecule has 7 heteroatoms. The molecular weight excluding hydrogens is 448 g/mol. The van der Waals surface area contributed by atoms with Crippen LogP contribution in [0.5, 0.6) is 11.5 Å². The summed E-state index contributed by atoms with van der Waals surface area (Å²) in [5, 5.41) is 2.10.